The zero-order valence-electron chi connectivity index (χ0n) is 15.2. The number of carbonyl (C=O) groups excluding carboxylic acids is 1. The summed E-state index contributed by atoms with van der Waals surface area (Å²) in [5.41, 5.74) is 6.74. The Labute approximate surface area is 160 Å². The molecule has 0 radical (unpaired) electrons. The SMILES string of the molecule is Cc1n[nH]c(C)c1S(=O)(=O)N1CCCC(C(=O)NC(CN)C2CC2)C1.Cl. The van der Waals surface area contributed by atoms with E-state index < -0.39 is 10.0 Å². The van der Waals surface area contributed by atoms with Crippen LogP contribution in [-0.2, 0) is 14.8 Å². The van der Waals surface area contributed by atoms with Crippen LogP contribution in [0.4, 0.5) is 0 Å². The average Bonchev–Trinajstić information content (AvgIpc) is 3.37. The summed E-state index contributed by atoms with van der Waals surface area (Å²) in [5, 5.41) is 9.73. The first-order chi connectivity index (χ1) is 11.8. The lowest BCUT2D eigenvalue weighted by Gasteiger charge is -2.32. The first-order valence-electron chi connectivity index (χ1n) is 8.86. The molecule has 1 aromatic heterocycles. The van der Waals surface area contributed by atoms with Gasteiger partial charge >= 0.3 is 0 Å². The first-order valence-corrected chi connectivity index (χ1v) is 10.3. The summed E-state index contributed by atoms with van der Waals surface area (Å²) in [7, 11) is -3.65. The van der Waals surface area contributed by atoms with E-state index in [2.05, 4.69) is 15.5 Å². The van der Waals surface area contributed by atoms with Crippen molar-refractivity contribution in [3.8, 4) is 0 Å². The molecule has 1 aliphatic heterocycles. The molecule has 8 nitrogen and oxygen atoms in total. The van der Waals surface area contributed by atoms with Crippen molar-refractivity contribution in [2.75, 3.05) is 19.6 Å². The van der Waals surface area contributed by atoms with Crippen LogP contribution < -0.4 is 11.1 Å². The maximum Gasteiger partial charge on any atom is 0.246 e. The number of aromatic amines is 1. The maximum atomic E-state index is 13.0. The Hall–Kier alpha value is -1.16. The van der Waals surface area contributed by atoms with E-state index in [0.717, 1.165) is 12.8 Å². The molecule has 0 bridgehead atoms. The highest BCUT2D eigenvalue weighted by Crippen LogP contribution is 2.33. The number of hydrogen-bond acceptors (Lipinski definition) is 5. The molecular weight excluding hydrogens is 378 g/mol. The third-order valence-electron chi connectivity index (χ3n) is 5.19. The number of aromatic nitrogens is 2. The Morgan fingerprint density at radius 2 is 2.08 bits per heavy atom. The predicted octanol–water partition coefficient (Wildman–Crippen LogP) is 0.703. The lowest BCUT2D eigenvalue weighted by Crippen LogP contribution is -2.49. The Bertz CT molecular complexity index is 728. The van der Waals surface area contributed by atoms with Crippen LogP contribution in [0, 0.1) is 25.7 Å². The number of sulfonamides is 1. The van der Waals surface area contributed by atoms with E-state index >= 15 is 0 Å². The quantitative estimate of drug-likeness (QED) is 0.643. The number of aryl methyl sites for hydroxylation is 2. The van der Waals surface area contributed by atoms with Crippen molar-refractivity contribution in [1.82, 2.24) is 19.8 Å². The molecule has 2 unspecified atom stereocenters. The van der Waals surface area contributed by atoms with Gasteiger partial charge in [-0.3, -0.25) is 9.89 Å². The molecule has 1 aliphatic carbocycles. The standard InChI is InChI=1S/C16H27N5O3S.ClH/c1-10-15(11(2)20-19-10)25(23,24)21-7-3-4-13(9-21)16(22)18-14(8-17)12-5-6-12;/h12-14H,3-9,17H2,1-2H3,(H,18,22)(H,19,20);1H. The van der Waals surface area contributed by atoms with Crippen molar-refractivity contribution in [2.45, 2.75) is 50.5 Å². The van der Waals surface area contributed by atoms with Crippen molar-refractivity contribution < 1.29 is 13.2 Å². The van der Waals surface area contributed by atoms with Crippen LogP contribution in [0.15, 0.2) is 4.90 Å². The molecule has 3 rings (SSSR count). The number of hydrogen-bond donors (Lipinski definition) is 3. The van der Waals surface area contributed by atoms with E-state index in [0.29, 0.717) is 43.2 Å². The lowest BCUT2D eigenvalue weighted by molar-refractivity contribution is -0.126. The van der Waals surface area contributed by atoms with Crippen LogP contribution >= 0.6 is 12.4 Å². The molecule has 0 spiro atoms. The van der Waals surface area contributed by atoms with Crippen molar-refractivity contribution in [2.24, 2.45) is 17.6 Å². The van der Waals surface area contributed by atoms with E-state index in [1.165, 1.54) is 4.31 Å². The van der Waals surface area contributed by atoms with Gasteiger partial charge < -0.3 is 11.1 Å². The number of carbonyl (C=O) groups is 1. The Kier molecular flexibility index (Phi) is 6.70. The number of piperidine rings is 1. The van der Waals surface area contributed by atoms with Gasteiger partial charge in [0.25, 0.3) is 0 Å². The van der Waals surface area contributed by atoms with Gasteiger partial charge in [-0.2, -0.15) is 9.40 Å². The third-order valence-corrected chi connectivity index (χ3v) is 7.31. The molecular formula is C16H28ClN5O3S. The van der Waals surface area contributed by atoms with Crippen LogP contribution in [0.1, 0.15) is 37.1 Å². The van der Waals surface area contributed by atoms with Crippen LogP contribution in [0.5, 0.6) is 0 Å². The van der Waals surface area contributed by atoms with E-state index in [1.54, 1.807) is 13.8 Å². The fraction of sp³-hybridized carbons (Fsp3) is 0.750. The predicted molar refractivity (Wildman–Crippen MR) is 101 cm³/mol. The summed E-state index contributed by atoms with van der Waals surface area (Å²) >= 11 is 0. The average molecular weight is 406 g/mol. The van der Waals surface area contributed by atoms with Gasteiger partial charge in [0.2, 0.25) is 15.9 Å². The van der Waals surface area contributed by atoms with Crippen molar-refractivity contribution in [1.29, 1.82) is 0 Å². The summed E-state index contributed by atoms with van der Waals surface area (Å²) in [5.74, 6) is 0.0698. The van der Waals surface area contributed by atoms with Crippen LogP contribution in [0.25, 0.3) is 0 Å². The molecule has 1 saturated carbocycles. The zero-order valence-corrected chi connectivity index (χ0v) is 16.8. The minimum Gasteiger partial charge on any atom is -0.352 e. The number of nitrogens with two attached hydrogens (primary N) is 1. The smallest absolute Gasteiger partial charge is 0.246 e. The lowest BCUT2D eigenvalue weighted by atomic mass is 9.98. The number of H-pyrrole nitrogens is 1. The number of amides is 1. The van der Waals surface area contributed by atoms with E-state index in [4.69, 9.17) is 5.73 Å². The van der Waals surface area contributed by atoms with E-state index in [-0.39, 0.29) is 41.7 Å². The zero-order chi connectivity index (χ0) is 18.2. The van der Waals surface area contributed by atoms with Crippen LogP contribution in [0.3, 0.4) is 0 Å². The van der Waals surface area contributed by atoms with E-state index in [1.807, 2.05) is 0 Å². The van der Waals surface area contributed by atoms with Gasteiger partial charge in [0, 0.05) is 25.7 Å². The topological polar surface area (TPSA) is 121 Å². The highest BCUT2D eigenvalue weighted by atomic mass is 35.5. The minimum atomic E-state index is -3.65. The van der Waals surface area contributed by atoms with Gasteiger partial charge in [0.05, 0.1) is 17.3 Å². The molecule has 2 heterocycles. The number of nitrogens with one attached hydrogen (secondary N) is 2. The van der Waals surface area contributed by atoms with Gasteiger partial charge in [0.15, 0.2) is 0 Å². The van der Waals surface area contributed by atoms with Crippen molar-refractivity contribution in [3.63, 3.8) is 0 Å². The molecule has 26 heavy (non-hydrogen) atoms. The molecule has 0 aromatic carbocycles. The second-order valence-electron chi connectivity index (χ2n) is 7.15. The first kappa shape index (κ1) is 21.1. The van der Waals surface area contributed by atoms with Crippen LogP contribution in [-0.4, -0.2) is 54.5 Å². The number of halogens is 1. The van der Waals surface area contributed by atoms with Crippen LogP contribution in [0.2, 0.25) is 0 Å². The largest absolute Gasteiger partial charge is 0.352 e. The highest BCUT2D eigenvalue weighted by molar-refractivity contribution is 7.89. The van der Waals surface area contributed by atoms with Crippen molar-refractivity contribution in [3.05, 3.63) is 11.4 Å². The Morgan fingerprint density at radius 1 is 1.38 bits per heavy atom. The molecule has 1 aromatic rings. The summed E-state index contributed by atoms with van der Waals surface area (Å²) in [6, 6.07) is 0.0119. The van der Waals surface area contributed by atoms with E-state index in [9.17, 15) is 13.2 Å². The molecule has 2 fully saturated rings. The Morgan fingerprint density at radius 3 is 2.62 bits per heavy atom. The van der Waals surface area contributed by atoms with Gasteiger partial charge in [0.1, 0.15) is 4.90 Å². The number of nitrogens with zero attached hydrogens (tertiary/aromatic N) is 2. The fourth-order valence-electron chi connectivity index (χ4n) is 3.59. The molecule has 10 heteroatoms. The monoisotopic (exact) mass is 405 g/mol. The molecule has 2 atom stereocenters. The Balaban J connectivity index is 0.00000243. The molecule has 4 N–H and O–H groups in total. The second kappa shape index (κ2) is 8.24. The summed E-state index contributed by atoms with van der Waals surface area (Å²) in [6.07, 6.45) is 3.58. The summed E-state index contributed by atoms with van der Waals surface area (Å²) in [6.45, 7) is 4.44. The normalized spacial score (nSPS) is 22.5. The van der Waals surface area contributed by atoms with Gasteiger partial charge in [-0.15, -0.1) is 12.4 Å². The molecule has 148 valence electrons. The molecule has 1 amide bonds. The molecule has 1 saturated heterocycles. The molecule has 2 aliphatic rings. The minimum absolute atomic E-state index is 0. The van der Waals surface area contributed by atoms with Gasteiger partial charge in [-0.25, -0.2) is 8.42 Å². The second-order valence-corrected chi connectivity index (χ2v) is 9.03. The van der Waals surface area contributed by atoms with Gasteiger partial charge in [-0.05, 0) is 45.4 Å². The summed E-state index contributed by atoms with van der Waals surface area (Å²) in [4.78, 5) is 12.8. The highest BCUT2D eigenvalue weighted by Gasteiger charge is 2.37. The van der Waals surface area contributed by atoms with Crippen molar-refractivity contribution >= 4 is 28.3 Å². The maximum absolute atomic E-state index is 13.0. The third kappa shape index (κ3) is 4.21. The fourth-order valence-corrected chi connectivity index (χ4v) is 5.45. The van der Waals surface area contributed by atoms with Gasteiger partial charge in [-0.1, -0.05) is 0 Å². The summed E-state index contributed by atoms with van der Waals surface area (Å²) < 4.78 is 27.4. The number of rotatable bonds is 6.